The van der Waals surface area contributed by atoms with E-state index in [0.29, 0.717) is 16.6 Å². The summed E-state index contributed by atoms with van der Waals surface area (Å²) in [6.45, 7) is 6.64. The van der Waals surface area contributed by atoms with Crippen LogP contribution in [-0.4, -0.2) is 43.8 Å². The summed E-state index contributed by atoms with van der Waals surface area (Å²) in [6, 6.07) is 7.92. The molecule has 1 unspecified atom stereocenters. The number of nitrogens with one attached hydrogen (secondary N) is 1. The number of nitrogens with zero attached hydrogens (tertiary/aromatic N) is 2. The van der Waals surface area contributed by atoms with Crippen LogP contribution in [0.3, 0.4) is 0 Å². The molecule has 0 saturated carbocycles. The van der Waals surface area contributed by atoms with Crippen LogP contribution in [0.4, 0.5) is 5.69 Å². The molecule has 4 nitrogen and oxygen atoms in total. The molecule has 0 spiro atoms. The van der Waals surface area contributed by atoms with Crippen molar-refractivity contribution in [2.24, 2.45) is 0 Å². The first-order valence-electron chi connectivity index (χ1n) is 6.46. The van der Waals surface area contributed by atoms with Gasteiger partial charge in [0.1, 0.15) is 6.07 Å². The molecule has 0 radical (unpaired) electrons. The Labute approximate surface area is 118 Å². The average Bonchev–Trinajstić information content (AvgIpc) is 2.46. The third-order valence-corrected chi connectivity index (χ3v) is 3.67. The summed E-state index contributed by atoms with van der Waals surface area (Å²) in [6.07, 6.45) is 0. The van der Waals surface area contributed by atoms with E-state index in [9.17, 15) is 0 Å². The van der Waals surface area contributed by atoms with Gasteiger partial charge in [-0.3, -0.25) is 4.90 Å². The Hall–Kier alpha value is -1.28. The maximum atomic E-state index is 8.82. The Morgan fingerprint density at radius 2 is 2.21 bits per heavy atom. The van der Waals surface area contributed by atoms with Crippen molar-refractivity contribution in [3.63, 3.8) is 0 Å². The van der Waals surface area contributed by atoms with E-state index in [1.54, 1.807) is 12.1 Å². The van der Waals surface area contributed by atoms with Gasteiger partial charge in [-0.2, -0.15) is 5.26 Å². The minimum atomic E-state index is 0.443. The van der Waals surface area contributed by atoms with E-state index in [4.69, 9.17) is 21.6 Å². The van der Waals surface area contributed by atoms with Crippen LogP contribution in [0, 0.1) is 11.3 Å². The van der Waals surface area contributed by atoms with Crippen LogP contribution in [-0.2, 0) is 4.74 Å². The SMILES string of the molecule is CC(CNc1ccc(C#N)c(Cl)c1)N1CCOCC1. The van der Waals surface area contributed by atoms with Crippen molar-refractivity contribution in [1.29, 1.82) is 5.26 Å². The lowest BCUT2D eigenvalue weighted by atomic mass is 10.2. The topological polar surface area (TPSA) is 48.3 Å². The molecule has 1 aromatic rings. The summed E-state index contributed by atoms with van der Waals surface area (Å²) in [4.78, 5) is 2.40. The van der Waals surface area contributed by atoms with Gasteiger partial charge in [-0.15, -0.1) is 0 Å². The number of ether oxygens (including phenoxy) is 1. The molecule has 1 aromatic carbocycles. The molecule has 1 fully saturated rings. The Morgan fingerprint density at radius 1 is 1.47 bits per heavy atom. The standard InChI is InChI=1S/C14H18ClN3O/c1-11(18-4-6-19-7-5-18)10-17-13-3-2-12(9-16)14(15)8-13/h2-3,8,11,17H,4-7,10H2,1H3. The zero-order valence-corrected chi connectivity index (χ0v) is 11.8. The van der Waals surface area contributed by atoms with Crippen molar-refractivity contribution in [2.75, 3.05) is 38.2 Å². The number of nitriles is 1. The Morgan fingerprint density at radius 3 is 2.84 bits per heavy atom. The fourth-order valence-electron chi connectivity index (χ4n) is 2.13. The van der Waals surface area contributed by atoms with Crippen molar-refractivity contribution >= 4 is 17.3 Å². The van der Waals surface area contributed by atoms with Gasteiger partial charge >= 0.3 is 0 Å². The van der Waals surface area contributed by atoms with E-state index in [1.807, 2.05) is 6.07 Å². The van der Waals surface area contributed by atoms with Gasteiger partial charge in [0.25, 0.3) is 0 Å². The second-order valence-electron chi connectivity index (χ2n) is 4.68. The van der Waals surface area contributed by atoms with E-state index >= 15 is 0 Å². The predicted octanol–water partition coefficient (Wildman–Crippen LogP) is 2.34. The fraction of sp³-hybridized carbons (Fsp3) is 0.500. The van der Waals surface area contributed by atoms with Gasteiger partial charge in [-0.1, -0.05) is 11.6 Å². The van der Waals surface area contributed by atoms with Crippen LogP contribution in [0.15, 0.2) is 18.2 Å². The third-order valence-electron chi connectivity index (χ3n) is 3.36. The Bertz CT molecular complexity index is 466. The first-order valence-corrected chi connectivity index (χ1v) is 6.84. The van der Waals surface area contributed by atoms with Crippen LogP contribution in [0.2, 0.25) is 5.02 Å². The van der Waals surface area contributed by atoms with Crippen molar-refractivity contribution in [3.8, 4) is 6.07 Å². The largest absolute Gasteiger partial charge is 0.383 e. The third kappa shape index (κ3) is 3.84. The highest BCUT2D eigenvalue weighted by Crippen LogP contribution is 2.20. The molecule has 0 bridgehead atoms. The van der Waals surface area contributed by atoms with Crippen molar-refractivity contribution in [2.45, 2.75) is 13.0 Å². The number of benzene rings is 1. The molecule has 1 atom stereocenters. The number of anilines is 1. The van der Waals surface area contributed by atoms with Crippen LogP contribution in [0.1, 0.15) is 12.5 Å². The molecule has 0 aliphatic carbocycles. The molecule has 1 aliphatic heterocycles. The zero-order valence-electron chi connectivity index (χ0n) is 11.0. The summed E-state index contributed by atoms with van der Waals surface area (Å²) < 4.78 is 5.34. The smallest absolute Gasteiger partial charge is 0.101 e. The fourth-order valence-corrected chi connectivity index (χ4v) is 2.35. The van der Waals surface area contributed by atoms with Gasteiger partial charge in [-0.25, -0.2) is 0 Å². The Balaban J connectivity index is 1.88. The highest BCUT2D eigenvalue weighted by atomic mass is 35.5. The second kappa shape index (κ2) is 6.76. The molecule has 0 amide bonds. The number of rotatable bonds is 4. The number of hydrogen-bond acceptors (Lipinski definition) is 4. The van der Waals surface area contributed by atoms with Crippen LogP contribution < -0.4 is 5.32 Å². The lowest BCUT2D eigenvalue weighted by Gasteiger charge is -2.32. The van der Waals surface area contributed by atoms with E-state index in [0.717, 1.165) is 38.5 Å². The quantitative estimate of drug-likeness (QED) is 0.919. The molecule has 19 heavy (non-hydrogen) atoms. The molecule has 0 aromatic heterocycles. The summed E-state index contributed by atoms with van der Waals surface area (Å²) in [5.74, 6) is 0. The molecule has 1 heterocycles. The zero-order chi connectivity index (χ0) is 13.7. The van der Waals surface area contributed by atoms with E-state index in [1.165, 1.54) is 0 Å². The Kier molecular flexibility index (Phi) is 5.03. The maximum Gasteiger partial charge on any atom is 0.101 e. The monoisotopic (exact) mass is 279 g/mol. The van der Waals surface area contributed by atoms with Crippen LogP contribution in [0.5, 0.6) is 0 Å². The molecule has 1 aliphatic rings. The molecule has 1 saturated heterocycles. The van der Waals surface area contributed by atoms with Crippen LogP contribution >= 0.6 is 11.6 Å². The highest BCUT2D eigenvalue weighted by Gasteiger charge is 2.16. The van der Waals surface area contributed by atoms with Crippen molar-refractivity contribution < 1.29 is 4.74 Å². The lowest BCUT2D eigenvalue weighted by molar-refractivity contribution is 0.0227. The molecular formula is C14H18ClN3O. The molecular weight excluding hydrogens is 262 g/mol. The molecule has 1 N–H and O–H groups in total. The molecule has 2 rings (SSSR count). The molecule has 5 heteroatoms. The molecule has 102 valence electrons. The van der Waals surface area contributed by atoms with E-state index in [2.05, 4.69) is 23.2 Å². The number of halogens is 1. The summed E-state index contributed by atoms with van der Waals surface area (Å²) >= 11 is 6.00. The lowest BCUT2D eigenvalue weighted by Crippen LogP contribution is -2.45. The van der Waals surface area contributed by atoms with Crippen molar-refractivity contribution in [3.05, 3.63) is 28.8 Å². The second-order valence-corrected chi connectivity index (χ2v) is 5.09. The van der Waals surface area contributed by atoms with Gasteiger partial charge < -0.3 is 10.1 Å². The van der Waals surface area contributed by atoms with E-state index in [-0.39, 0.29) is 0 Å². The minimum Gasteiger partial charge on any atom is -0.383 e. The van der Waals surface area contributed by atoms with E-state index < -0.39 is 0 Å². The van der Waals surface area contributed by atoms with Gasteiger partial charge in [0.15, 0.2) is 0 Å². The first kappa shape index (κ1) is 14.1. The van der Waals surface area contributed by atoms with Gasteiger partial charge in [0, 0.05) is 31.4 Å². The normalized spacial score (nSPS) is 17.7. The summed E-state index contributed by atoms with van der Waals surface area (Å²) in [5, 5.41) is 12.7. The summed E-state index contributed by atoms with van der Waals surface area (Å²) in [5.41, 5.74) is 1.46. The van der Waals surface area contributed by atoms with Gasteiger partial charge in [0.05, 0.1) is 23.8 Å². The van der Waals surface area contributed by atoms with Crippen LogP contribution in [0.25, 0.3) is 0 Å². The average molecular weight is 280 g/mol. The minimum absolute atomic E-state index is 0.443. The van der Waals surface area contributed by atoms with Gasteiger partial charge in [0.2, 0.25) is 0 Å². The summed E-state index contributed by atoms with van der Waals surface area (Å²) in [7, 11) is 0. The number of hydrogen-bond donors (Lipinski definition) is 1. The maximum absolute atomic E-state index is 8.82. The predicted molar refractivity (Wildman–Crippen MR) is 76.5 cm³/mol. The number of morpholine rings is 1. The van der Waals surface area contributed by atoms with Gasteiger partial charge in [-0.05, 0) is 25.1 Å². The first-order chi connectivity index (χ1) is 9.20. The van der Waals surface area contributed by atoms with Crippen molar-refractivity contribution in [1.82, 2.24) is 4.90 Å². The highest BCUT2D eigenvalue weighted by molar-refractivity contribution is 6.32.